The lowest BCUT2D eigenvalue weighted by Gasteiger charge is -2.07. The van der Waals surface area contributed by atoms with Gasteiger partial charge in [-0.3, -0.25) is 9.36 Å². The van der Waals surface area contributed by atoms with Gasteiger partial charge in [0.25, 0.3) is 5.56 Å². The molecule has 0 bridgehead atoms. The second-order valence-corrected chi connectivity index (χ2v) is 4.01. The molecule has 0 aliphatic rings. The molecule has 1 aromatic carbocycles. The van der Waals surface area contributed by atoms with E-state index < -0.39 is 0 Å². The summed E-state index contributed by atoms with van der Waals surface area (Å²) in [6.45, 7) is 2.40. The zero-order valence-electron chi connectivity index (χ0n) is 9.76. The first-order chi connectivity index (χ1) is 8.16. The summed E-state index contributed by atoms with van der Waals surface area (Å²) >= 11 is 0. The molecule has 0 fully saturated rings. The van der Waals surface area contributed by atoms with Gasteiger partial charge in [0.1, 0.15) is 0 Å². The van der Waals surface area contributed by atoms with E-state index in [0.29, 0.717) is 6.54 Å². The number of hydrogen-bond acceptors (Lipinski definition) is 3. The van der Waals surface area contributed by atoms with E-state index in [9.17, 15) is 4.79 Å². The van der Waals surface area contributed by atoms with E-state index in [0.717, 1.165) is 23.4 Å². The lowest BCUT2D eigenvalue weighted by molar-refractivity contribution is 0.652. The average molecular weight is 229 g/mol. The van der Waals surface area contributed by atoms with Crippen LogP contribution < -0.4 is 11.3 Å². The Balaban J connectivity index is 2.13. The normalized spacial score (nSPS) is 10.4. The minimum absolute atomic E-state index is 0.0213. The standard InChI is InChI=1S/C13H15N3O/c1-10-8-13(17)16(9-15-10)7-6-11-4-2-3-5-12(11)14/h2-5,8-9H,6-7,14H2,1H3. The van der Waals surface area contributed by atoms with Gasteiger partial charge >= 0.3 is 0 Å². The van der Waals surface area contributed by atoms with Gasteiger partial charge in [-0.15, -0.1) is 0 Å². The first-order valence-electron chi connectivity index (χ1n) is 5.53. The molecule has 2 N–H and O–H groups in total. The van der Waals surface area contributed by atoms with Crippen molar-refractivity contribution < 1.29 is 0 Å². The molecule has 0 saturated carbocycles. The van der Waals surface area contributed by atoms with E-state index >= 15 is 0 Å². The molecule has 1 aromatic heterocycles. The summed E-state index contributed by atoms with van der Waals surface area (Å²) in [5.41, 5.74) is 8.38. The van der Waals surface area contributed by atoms with Crippen molar-refractivity contribution in [1.82, 2.24) is 9.55 Å². The van der Waals surface area contributed by atoms with E-state index in [1.54, 1.807) is 17.8 Å². The maximum atomic E-state index is 11.6. The van der Waals surface area contributed by atoms with Gasteiger partial charge in [-0.2, -0.15) is 0 Å². The van der Waals surface area contributed by atoms with Gasteiger partial charge in [0.2, 0.25) is 0 Å². The van der Waals surface area contributed by atoms with Gasteiger partial charge in [0, 0.05) is 24.0 Å². The monoisotopic (exact) mass is 229 g/mol. The molecule has 4 nitrogen and oxygen atoms in total. The summed E-state index contributed by atoms with van der Waals surface area (Å²) < 4.78 is 1.60. The van der Waals surface area contributed by atoms with Crippen LogP contribution in [-0.2, 0) is 13.0 Å². The fourth-order valence-electron chi connectivity index (χ4n) is 1.69. The second-order valence-electron chi connectivity index (χ2n) is 4.01. The van der Waals surface area contributed by atoms with Gasteiger partial charge in [-0.25, -0.2) is 4.98 Å². The third-order valence-corrected chi connectivity index (χ3v) is 2.69. The Hall–Kier alpha value is -2.10. The van der Waals surface area contributed by atoms with Crippen LogP contribution in [0.25, 0.3) is 0 Å². The fraction of sp³-hybridized carbons (Fsp3) is 0.231. The maximum absolute atomic E-state index is 11.6. The van der Waals surface area contributed by atoms with Gasteiger partial charge < -0.3 is 5.73 Å². The highest BCUT2D eigenvalue weighted by molar-refractivity contribution is 5.46. The van der Waals surface area contributed by atoms with E-state index in [4.69, 9.17) is 5.73 Å². The highest BCUT2D eigenvalue weighted by atomic mass is 16.1. The number of aryl methyl sites for hydroxylation is 3. The summed E-state index contributed by atoms with van der Waals surface area (Å²) in [7, 11) is 0. The van der Waals surface area contributed by atoms with Crippen LogP contribution in [0.1, 0.15) is 11.3 Å². The van der Waals surface area contributed by atoms with E-state index in [2.05, 4.69) is 4.98 Å². The Kier molecular flexibility index (Phi) is 3.23. The van der Waals surface area contributed by atoms with E-state index in [-0.39, 0.29) is 5.56 Å². The summed E-state index contributed by atoms with van der Waals surface area (Å²) in [5.74, 6) is 0. The summed E-state index contributed by atoms with van der Waals surface area (Å²) in [4.78, 5) is 15.7. The number of rotatable bonds is 3. The molecule has 0 aliphatic carbocycles. The number of nitrogens with two attached hydrogens (primary N) is 1. The topological polar surface area (TPSA) is 60.9 Å². The third-order valence-electron chi connectivity index (χ3n) is 2.69. The van der Waals surface area contributed by atoms with Crippen molar-refractivity contribution in [2.24, 2.45) is 0 Å². The number of aromatic nitrogens is 2. The van der Waals surface area contributed by atoms with Crippen molar-refractivity contribution in [2.75, 3.05) is 5.73 Å². The van der Waals surface area contributed by atoms with E-state index in [1.807, 2.05) is 24.3 Å². The zero-order valence-corrected chi connectivity index (χ0v) is 9.76. The Labute approximate surface area is 99.7 Å². The summed E-state index contributed by atoms with van der Waals surface area (Å²) in [5, 5.41) is 0. The molecule has 17 heavy (non-hydrogen) atoms. The van der Waals surface area contributed by atoms with Gasteiger partial charge in [-0.1, -0.05) is 18.2 Å². The highest BCUT2D eigenvalue weighted by Gasteiger charge is 2.00. The Morgan fingerprint density at radius 3 is 2.82 bits per heavy atom. The number of hydrogen-bond donors (Lipinski definition) is 1. The molecule has 2 aromatic rings. The molecular formula is C13H15N3O. The molecule has 0 unspecified atom stereocenters. The molecule has 0 aliphatic heterocycles. The SMILES string of the molecule is Cc1cc(=O)n(CCc2ccccc2N)cn1. The highest BCUT2D eigenvalue weighted by Crippen LogP contribution is 2.11. The van der Waals surface area contributed by atoms with E-state index in [1.165, 1.54) is 6.07 Å². The third kappa shape index (κ3) is 2.72. The first-order valence-corrected chi connectivity index (χ1v) is 5.53. The maximum Gasteiger partial charge on any atom is 0.253 e. The smallest absolute Gasteiger partial charge is 0.253 e. The molecule has 0 amide bonds. The Bertz CT molecular complexity index is 575. The largest absolute Gasteiger partial charge is 0.399 e. The number of para-hydroxylation sites is 1. The Morgan fingerprint density at radius 2 is 2.12 bits per heavy atom. The molecule has 4 heteroatoms. The molecular weight excluding hydrogens is 214 g/mol. The Morgan fingerprint density at radius 1 is 1.35 bits per heavy atom. The second kappa shape index (κ2) is 4.82. The summed E-state index contributed by atoms with van der Waals surface area (Å²) in [6.07, 6.45) is 2.31. The lowest BCUT2D eigenvalue weighted by atomic mass is 10.1. The number of anilines is 1. The van der Waals surface area contributed by atoms with Gasteiger partial charge in [-0.05, 0) is 25.0 Å². The number of benzene rings is 1. The predicted octanol–water partition coefficient (Wildman–Crippen LogP) is 1.38. The van der Waals surface area contributed by atoms with Crippen molar-refractivity contribution in [1.29, 1.82) is 0 Å². The first kappa shape index (κ1) is 11.4. The van der Waals surface area contributed by atoms with Crippen LogP contribution in [0.4, 0.5) is 5.69 Å². The quantitative estimate of drug-likeness (QED) is 0.809. The molecule has 0 atom stereocenters. The van der Waals surface area contributed by atoms with Crippen LogP contribution >= 0.6 is 0 Å². The van der Waals surface area contributed by atoms with Crippen molar-refractivity contribution in [3.05, 3.63) is 58.3 Å². The molecule has 0 saturated heterocycles. The minimum atomic E-state index is -0.0213. The number of nitrogen functional groups attached to an aromatic ring is 1. The van der Waals surface area contributed by atoms with Crippen LogP contribution in [0, 0.1) is 6.92 Å². The molecule has 88 valence electrons. The lowest BCUT2D eigenvalue weighted by Crippen LogP contribution is -2.21. The van der Waals surface area contributed by atoms with Gasteiger partial charge in [0.15, 0.2) is 0 Å². The van der Waals surface area contributed by atoms with Crippen molar-refractivity contribution in [2.45, 2.75) is 19.9 Å². The zero-order chi connectivity index (χ0) is 12.3. The molecule has 0 spiro atoms. The van der Waals surface area contributed by atoms with Crippen LogP contribution in [-0.4, -0.2) is 9.55 Å². The van der Waals surface area contributed by atoms with Crippen LogP contribution in [0.5, 0.6) is 0 Å². The average Bonchev–Trinajstić information content (AvgIpc) is 2.30. The molecule has 2 rings (SSSR count). The predicted molar refractivity (Wildman–Crippen MR) is 67.8 cm³/mol. The molecule has 0 radical (unpaired) electrons. The number of nitrogens with zero attached hydrogens (tertiary/aromatic N) is 2. The van der Waals surface area contributed by atoms with Crippen LogP contribution in [0.15, 0.2) is 41.5 Å². The van der Waals surface area contributed by atoms with Crippen LogP contribution in [0.2, 0.25) is 0 Å². The van der Waals surface area contributed by atoms with Crippen molar-refractivity contribution in [3.8, 4) is 0 Å². The minimum Gasteiger partial charge on any atom is -0.399 e. The van der Waals surface area contributed by atoms with Crippen molar-refractivity contribution >= 4 is 5.69 Å². The molecule has 1 heterocycles. The van der Waals surface area contributed by atoms with Crippen molar-refractivity contribution in [3.63, 3.8) is 0 Å². The fourth-order valence-corrected chi connectivity index (χ4v) is 1.69. The van der Waals surface area contributed by atoms with Gasteiger partial charge in [0.05, 0.1) is 6.33 Å². The van der Waals surface area contributed by atoms with Crippen LogP contribution in [0.3, 0.4) is 0 Å². The summed E-state index contributed by atoms with van der Waals surface area (Å²) in [6, 6.07) is 9.22.